The topological polar surface area (TPSA) is 75.0 Å². The summed E-state index contributed by atoms with van der Waals surface area (Å²) < 4.78 is 12.5. The van der Waals surface area contributed by atoms with E-state index in [1.54, 1.807) is 30.2 Å². The van der Waals surface area contributed by atoms with Crippen molar-refractivity contribution < 1.29 is 9.47 Å². The van der Waals surface area contributed by atoms with Crippen LogP contribution in [-0.4, -0.2) is 39.4 Å². The van der Waals surface area contributed by atoms with E-state index in [2.05, 4.69) is 20.9 Å². The van der Waals surface area contributed by atoms with E-state index < -0.39 is 0 Å². The monoisotopic (exact) mass is 425 g/mol. The van der Waals surface area contributed by atoms with Gasteiger partial charge in [0.15, 0.2) is 0 Å². The molecule has 2 aromatic carbocycles. The lowest BCUT2D eigenvalue weighted by molar-refractivity contribution is 0.410. The van der Waals surface area contributed by atoms with Gasteiger partial charge in [0.05, 0.1) is 19.9 Å². The third-order valence-electron chi connectivity index (χ3n) is 4.22. The average Bonchev–Trinajstić information content (AvgIpc) is 3.41. The fourth-order valence-electron chi connectivity index (χ4n) is 2.79. The summed E-state index contributed by atoms with van der Waals surface area (Å²) in [5, 5.41) is 15.9. The van der Waals surface area contributed by atoms with E-state index in [0.29, 0.717) is 10.9 Å². The SMILES string of the molecule is COc1cccc(-c2nc(CSc3nnnn3-c3cc(C)ccc3OC)cs2)c1. The van der Waals surface area contributed by atoms with Crippen LogP contribution in [0.15, 0.2) is 53.0 Å². The van der Waals surface area contributed by atoms with Crippen LogP contribution in [0.4, 0.5) is 0 Å². The minimum Gasteiger partial charge on any atom is -0.497 e. The van der Waals surface area contributed by atoms with Crippen molar-refractivity contribution in [3.8, 4) is 27.8 Å². The van der Waals surface area contributed by atoms with Crippen molar-refractivity contribution in [1.29, 1.82) is 0 Å². The highest BCUT2D eigenvalue weighted by Crippen LogP contribution is 2.31. The van der Waals surface area contributed by atoms with Crippen molar-refractivity contribution >= 4 is 23.1 Å². The lowest BCUT2D eigenvalue weighted by Gasteiger charge is -2.10. The van der Waals surface area contributed by atoms with Gasteiger partial charge >= 0.3 is 0 Å². The van der Waals surface area contributed by atoms with E-state index in [1.807, 2.05) is 49.4 Å². The number of aryl methyl sites for hydroxylation is 1. The van der Waals surface area contributed by atoms with Gasteiger partial charge < -0.3 is 9.47 Å². The number of nitrogens with zero attached hydrogens (tertiary/aromatic N) is 5. The van der Waals surface area contributed by atoms with Gasteiger partial charge in [-0.15, -0.1) is 16.4 Å². The summed E-state index contributed by atoms with van der Waals surface area (Å²) in [5.74, 6) is 2.20. The lowest BCUT2D eigenvalue weighted by atomic mass is 10.2. The second-order valence-electron chi connectivity index (χ2n) is 6.21. The maximum absolute atomic E-state index is 5.47. The normalized spacial score (nSPS) is 10.9. The van der Waals surface area contributed by atoms with Gasteiger partial charge in [0.2, 0.25) is 5.16 Å². The van der Waals surface area contributed by atoms with E-state index in [9.17, 15) is 0 Å². The summed E-state index contributed by atoms with van der Waals surface area (Å²) in [5.41, 5.74) is 3.94. The first-order valence-electron chi connectivity index (χ1n) is 8.83. The fraction of sp³-hybridized carbons (Fsp3) is 0.200. The molecule has 0 aliphatic carbocycles. The molecule has 0 aliphatic rings. The van der Waals surface area contributed by atoms with Gasteiger partial charge in [-0.3, -0.25) is 0 Å². The quantitative estimate of drug-likeness (QED) is 0.406. The number of rotatable bonds is 7. The third-order valence-corrected chi connectivity index (χ3v) is 6.11. The summed E-state index contributed by atoms with van der Waals surface area (Å²) in [4.78, 5) is 4.75. The highest BCUT2D eigenvalue weighted by atomic mass is 32.2. The average molecular weight is 426 g/mol. The zero-order chi connectivity index (χ0) is 20.2. The highest BCUT2D eigenvalue weighted by molar-refractivity contribution is 7.98. The van der Waals surface area contributed by atoms with Crippen LogP contribution in [0.25, 0.3) is 16.3 Å². The van der Waals surface area contributed by atoms with Crippen LogP contribution in [0, 0.1) is 6.92 Å². The van der Waals surface area contributed by atoms with E-state index in [1.165, 1.54) is 11.8 Å². The van der Waals surface area contributed by atoms with E-state index in [4.69, 9.17) is 14.5 Å². The number of aromatic nitrogens is 5. The number of thiazole rings is 1. The van der Waals surface area contributed by atoms with Gasteiger partial charge in [-0.25, -0.2) is 4.98 Å². The Bertz CT molecular complexity index is 1130. The van der Waals surface area contributed by atoms with Crippen LogP contribution < -0.4 is 9.47 Å². The van der Waals surface area contributed by atoms with Crippen LogP contribution in [-0.2, 0) is 5.75 Å². The number of hydrogen-bond donors (Lipinski definition) is 0. The van der Waals surface area contributed by atoms with E-state index in [0.717, 1.165) is 39.0 Å². The standard InChI is InChI=1S/C20H19N5O2S2/c1-13-7-8-18(27-3)17(9-13)25-20(22-23-24-25)29-12-15-11-28-19(21-15)14-5-4-6-16(10-14)26-2/h4-11H,12H2,1-3H3. The van der Waals surface area contributed by atoms with Gasteiger partial charge in [-0.2, -0.15) is 4.68 Å². The van der Waals surface area contributed by atoms with Crippen molar-refractivity contribution in [3.63, 3.8) is 0 Å². The molecule has 4 aromatic rings. The van der Waals surface area contributed by atoms with E-state index in [-0.39, 0.29) is 0 Å². The van der Waals surface area contributed by atoms with Crippen molar-refractivity contribution in [1.82, 2.24) is 25.2 Å². The molecule has 2 aromatic heterocycles. The summed E-state index contributed by atoms with van der Waals surface area (Å²) in [6.45, 7) is 2.02. The summed E-state index contributed by atoms with van der Waals surface area (Å²) >= 11 is 3.14. The van der Waals surface area contributed by atoms with Gasteiger partial charge in [0.1, 0.15) is 22.2 Å². The Labute approximate surface area is 176 Å². The first kappa shape index (κ1) is 19.4. The van der Waals surface area contributed by atoms with Gasteiger partial charge in [-0.05, 0) is 47.2 Å². The molecule has 9 heteroatoms. The number of hydrogen-bond acceptors (Lipinski definition) is 8. The van der Waals surface area contributed by atoms with Gasteiger partial charge in [0, 0.05) is 16.7 Å². The van der Waals surface area contributed by atoms with Crippen LogP contribution in [0.1, 0.15) is 11.3 Å². The van der Waals surface area contributed by atoms with Crippen LogP contribution in [0.5, 0.6) is 11.5 Å². The molecule has 0 spiro atoms. The Morgan fingerprint density at radius 3 is 2.83 bits per heavy atom. The predicted octanol–water partition coefficient (Wildman–Crippen LogP) is 4.40. The second-order valence-corrected chi connectivity index (χ2v) is 8.01. The van der Waals surface area contributed by atoms with Crippen molar-refractivity contribution in [3.05, 3.63) is 59.1 Å². The molecule has 148 valence electrons. The Morgan fingerprint density at radius 1 is 1.10 bits per heavy atom. The molecule has 0 aliphatic heterocycles. The zero-order valence-corrected chi connectivity index (χ0v) is 17.8. The first-order valence-corrected chi connectivity index (χ1v) is 10.7. The molecule has 4 rings (SSSR count). The molecule has 0 radical (unpaired) electrons. The van der Waals surface area contributed by atoms with Crippen molar-refractivity contribution in [2.24, 2.45) is 0 Å². The molecule has 0 N–H and O–H groups in total. The highest BCUT2D eigenvalue weighted by Gasteiger charge is 2.15. The maximum Gasteiger partial charge on any atom is 0.214 e. The summed E-state index contributed by atoms with van der Waals surface area (Å²) in [7, 11) is 3.30. The number of benzene rings is 2. The smallest absolute Gasteiger partial charge is 0.214 e. The molecular formula is C20H19N5O2S2. The van der Waals surface area contributed by atoms with Crippen LogP contribution in [0.3, 0.4) is 0 Å². The Morgan fingerprint density at radius 2 is 2.00 bits per heavy atom. The second kappa shape index (κ2) is 8.62. The molecule has 0 bridgehead atoms. The third kappa shape index (κ3) is 4.25. The number of ether oxygens (including phenoxy) is 2. The first-order chi connectivity index (χ1) is 14.2. The van der Waals surface area contributed by atoms with E-state index >= 15 is 0 Å². The largest absolute Gasteiger partial charge is 0.497 e. The number of thioether (sulfide) groups is 1. The van der Waals surface area contributed by atoms with Gasteiger partial charge in [-0.1, -0.05) is 30.0 Å². The van der Waals surface area contributed by atoms with Crippen molar-refractivity contribution in [2.45, 2.75) is 17.8 Å². The molecule has 0 fully saturated rings. The molecule has 0 saturated carbocycles. The molecule has 0 amide bonds. The predicted molar refractivity (Wildman–Crippen MR) is 114 cm³/mol. The minimum atomic E-state index is 0.662. The molecule has 7 nitrogen and oxygen atoms in total. The molecule has 0 atom stereocenters. The number of tetrazole rings is 1. The molecule has 0 saturated heterocycles. The van der Waals surface area contributed by atoms with Crippen LogP contribution >= 0.6 is 23.1 Å². The minimum absolute atomic E-state index is 0.662. The Hall–Kier alpha value is -2.91. The Balaban J connectivity index is 1.52. The molecule has 29 heavy (non-hydrogen) atoms. The Kier molecular flexibility index (Phi) is 5.77. The van der Waals surface area contributed by atoms with Crippen LogP contribution in [0.2, 0.25) is 0 Å². The number of methoxy groups -OCH3 is 2. The van der Waals surface area contributed by atoms with Crippen molar-refractivity contribution in [2.75, 3.05) is 14.2 Å². The molecular weight excluding hydrogens is 406 g/mol. The fourth-order valence-corrected chi connectivity index (χ4v) is 4.48. The molecule has 0 unspecified atom stereocenters. The molecule has 2 heterocycles. The maximum atomic E-state index is 5.47. The lowest BCUT2D eigenvalue weighted by Crippen LogP contribution is -2.02. The summed E-state index contributed by atoms with van der Waals surface area (Å²) in [6, 6.07) is 13.8. The van der Waals surface area contributed by atoms with Gasteiger partial charge in [0.25, 0.3) is 0 Å². The zero-order valence-electron chi connectivity index (χ0n) is 16.2. The summed E-state index contributed by atoms with van der Waals surface area (Å²) in [6.07, 6.45) is 0.